The van der Waals surface area contributed by atoms with E-state index < -0.39 is 0 Å². The molecular weight excluding hydrogens is 284 g/mol. The van der Waals surface area contributed by atoms with E-state index in [9.17, 15) is 4.79 Å². The molecular formula is C11H17BrN4O. The molecule has 94 valence electrons. The second kappa shape index (κ2) is 5.08. The molecule has 1 aliphatic carbocycles. The number of anilines is 1. The van der Waals surface area contributed by atoms with Crippen molar-refractivity contribution in [3.63, 3.8) is 0 Å². The van der Waals surface area contributed by atoms with E-state index in [2.05, 4.69) is 26.3 Å². The highest BCUT2D eigenvalue weighted by atomic mass is 79.9. The van der Waals surface area contributed by atoms with Crippen LogP contribution >= 0.6 is 15.9 Å². The number of nitrogens with zero attached hydrogens (tertiary/aromatic N) is 2. The van der Waals surface area contributed by atoms with E-state index in [-0.39, 0.29) is 11.9 Å². The van der Waals surface area contributed by atoms with Crippen LogP contribution in [0.2, 0.25) is 0 Å². The molecule has 1 unspecified atom stereocenters. The Morgan fingerprint density at radius 2 is 2.29 bits per heavy atom. The number of carbonyl (C=O) groups excluding carboxylic acids is 1. The molecule has 0 bridgehead atoms. The fourth-order valence-electron chi connectivity index (χ4n) is 2.09. The van der Waals surface area contributed by atoms with Crippen LogP contribution in [0.3, 0.4) is 0 Å². The number of aromatic nitrogens is 2. The molecule has 0 radical (unpaired) electrons. The molecule has 2 rings (SSSR count). The summed E-state index contributed by atoms with van der Waals surface area (Å²) in [6.45, 7) is 1.82. The molecule has 1 aliphatic rings. The van der Waals surface area contributed by atoms with Crippen molar-refractivity contribution in [2.24, 2.45) is 0 Å². The van der Waals surface area contributed by atoms with Gasteiger partial charge in [-0.15, -0.1) is 0 Å². The molecule has 5 nitrogen and oxygen atoms in total. The molecule has 0 saturated heterocycles. The standard InChI is InChI=1S/C11H17BrN4O/c1-7(16-6-9(12)10(13)15-16)11(17)14-8-4-2-3-5-8/h6-8H,2-5H2,1H3,(H2,13,15)(H,14,17). The molecule has 1 fully saturated rings. The van der Waals surface area contributed by atoms with Crippen LogP contribution in [0.4, 0.5) is 5.82 Å². The van der Waals surface area contributed by atoms with Gasteiger partial charge in [0.1, 0.15) is 6.04 Å². The number of carbonyl (C=O) groups is 1. The number of rotatable bonds is 3. The van der Waals surface area contributed by atoms with Crippen LogP contribution in [0.1, 0.15) is 38.6 Å². The van der Waals surface area contributed by atoms with E-state index in [1.165, 1.54) is 12.8 Å². The minimum atomic E-state index is -0.329. The van der Waals surface area contributed by atoms with Gasteiger partial charge in [-0.1, -0.05) is 12.8 Å². The lowest BCUT2D eigenvalue weighted by Gasteiger charge is -2.16. The van der Waals surface area contributed by atoms with Gasteiger partial charge >= 0.3 is 0 Å². The first-order valence-electron chi connectivity index (χ1n) is 5.88. The number of nitrogen functional groups attached to an aromatic ring is 1. The summed E-state index contributed by atoms with van der Waals surface area (Å²) in [5, 5.41) is 7.14. The SMILES string of the molecule is CC(C(=O)NC1CCCC1)n1cc(Br)c(N)n1. The first kappa shape index (κ1) is 12.4. The Labute approximate surface area is 109 Å². The van der Waals surface area contributed by atoms with Crippen LogP contribution < -0.4 is 11.1 Å². The van der Waals surface area contributed by atoms with E-state index in [1.54, 1.807) is 10.9 Å². The number of halogens is 1. The van der Waals surface area contributed by atoms with E-state index in [0.29, 0.717) is 11.9 Å². The van der Waals surface area contributed by atoms with Crippen LogP contribution in [0.5, 0.6) is 0 Å². The molecule has 6 heteroatoms. The highest BCUT2D eigenvalue weighted by Gasteiger charge is 2.22. The summed E-state index contributed by atoms with van der Waals surface area (Å²) in [5.41, 5.74) is 5.63. The number of nitrogens with one attached hydrogen (secondary N) is 1. The summed E-state index contributed by atoms with van der Waals surface area (Å²) < 4.78 is 2.31. The highest BCUT2D eigenvalue weighted by Crippen LogP contribution is 2.21. The molecule has 1 heterocycles. The zero-order valence-electron chi connectivity index (χ0n) is 9.82. The second-order valence-electron chi connectivity index (χ2n) is 4.51. The van der Waals surface area contributed by atoms with Crippen molar-refractivity contribution in [2.75, 3.05) is 5.73 Å². The summed E-state index contributed by atoms with van der Waals surface area (Å²) in [5.74, 6) is 0.414. The van der Waals surface area contributed by atoms with Crippen LogP contribution in [0, 0.1) is 0 Å². The molecule has 0 aliphatic heterocycles. The predicted molar refractivity (Wildman–Crippen MR) is 69.4 cm³/mol. The lowest BCUT2D eigenvalue weighted by atomic mass is 10.2. The number of hydrogen-bond donors (Lipinski definition) is 2. The second-order valence-corrected chi connectivity index (χ2v) is 5.36. The molecule has 3 N–H and O–H groups in total. The van der Waals surface area contributed by atoms with Gasteiger partial charge in [-0.2, -0.15) is 5.10 Å². The Morgan fingerprint density at radius 3 is 2.82 bits per heavy atom. The summed E-state index contributed by atoms with van der Waals surface area (Å²) in [4.78, 5) is 12.0. The molecule has 1 saturated carbocycles. The average Bonchev–Trinajstić information content (AvgIpc) is 2.89. The maximum absolute atomic E-state index is 12.0. The third-order valence-electron chi connectivity index (χ3n) is 3.19. The van der Waals surface area contributed by atoms with Crippen molar-refractivity contribution in [3.8, 4) is 0 Å². The first-order chi connectivity index (χ1) is 8.08. The van der Waals surface area contributed by atoms with E-state index in [4.69, 9.17) is 5.73 Å². The summed E-state index contributed by atoms with van der Waals surface area (Å²) >= 11 is 3.28. The third-order valence-corrected chi connectivity index (χ3v) is 3.80. The number of amides is 1. The fraction of sp³-hybridized carbons (Fsp3) is 0.636. The number of hydrogen-bond acceptors (Lipinski definition) is 3. The van der Waals surface area contributed by atoms with Crippen LogP contribution in [0.25, 0.3) is 0 Å². The third kappa shape index (κ3) is 2.80. The highest BCUT2D eigenvalue weighted by molar-refractivity contribution is 9.10. The number of nitrogens with two attached hydrogens (primary N) is 1. The van der Waals surface area contributed by atoms with E-state index >= 15 is 0 Å². The van der Waals surface area contributed by atoms with Gasteiger partial charge < -0.3 is 11.1 Å². The molecule has 1 atom stereocenters. The predicted octanol–water partition coefficient (Wildman–Crippen LogP) is 1.85. The Morgan fingerprint density at radius 1 is 1.65 bits per heavy atom. The van der Waals surface area contributed by atoms with Gasteiger partial charge in [0.15, 0.2) is 5.82 Å². The first-order valence-corrected chi connectivity index (χ1v) is 6.67. The molecule has 1 amide bonds. The van der Waals surface area contributed by atoms with E-state index in [1.807, 2.05) is 6.92 Å². The molecule has 17 heavy (non-hydrogen) atoms. The van der Waals surface area contributed by atoms with Gasteiger partial charge in [-0.25, -0.2) is 0 Å². The zero-order valence-corrected chi connectivity index (χ0v) is 11.4. The zero-order chi connectivity index (χ0) is 12.4. The normalized spacial score (nSPS) is 18.2. The van der Waals surface area contributed by atoms with Crippen LogP contribution in [-0.4, -0.2) is 21.7 Å². The van der Waals surface area contributed by atoms with Gasteiger partial charge in [0, 0.05) is 12.2 Å². The van der Waals surface area contributed by atoms with Crippen molar-refractivity contribution < 1.29 is 4.79 Å². The minimum Gasteiger partial charge on any atom is -0.381 e. The summed E-state index contributed by atoms with van der Waals surface area (Å²) in [6.07, 6.45) is 6.32. The smallest absolute Gasteiger partial charge is 0.244 e. The van der Waals surface area contributed by atoms with Gasteiger partial charge in [0.25, 0.3) is 0 Å². The summed E-state index contributed by atoms with van der Waals surface area (Å²) in [6, 6.07) is 0.00509. The Bertz CT molecular complexity index is 392. The van der Waals surface area contributed by atoms with Crippen LogP contribution in [-0.2, 0) is 4.79 Å². The maximum Gasteiger partial charge on any atom is 0.244 e. The average molecular weight is 301 g/mol. The van der Waals surface area contributed by atoms with Crippen molar-refractivity contribution in [3.05, 3.63) is 10.7 Å². The van der Waals surface area contributed by atoms with Gasteiger partial charge in [0.2, 0.25) is 5.91 Å². The molecule has 0 spiro atoms. The maximum atomic E-state index is 12.0. The van der Waals surface area contributed by atoms with Gasteiger partial charge in [-0.3, -0.25) is 9.48 Å². The molecule has 0 aromatic carbocycles. The largest absolute Gasteiger partial charge is 0.381 e. The van der Waals surface area contributed by atoms with Crippen molar-refractivity contribution in [1.82, 2.24) is 15.1 Å². The topological polar surface area (TPSA) is 72.9 Å². The fourth-order valence-corrected chi connectivity index (χ4v) is 2.38. The van der Waals surface area contributed by atoms with Gasteiger partial charge in [0.05, 0.1) is 4.47 Å². The van der Waals surface area contributed by atoms with Crippen molar-refractivity contribution in [1.29, 1.82) is 0 Å². The molecule has 1 aromatic heterocycles. The van der Waals surface area contributed by atoms with Gasteiger partial charge in [-0.05, 0) is 35.7 Å². The lowest BCUT2D eigenvalue weighted by molar-refractivity contribution is -0.124. The Hall–Kier alpha value is -1.04. The lowest BCUT2D eigenvalue weighted by Crippen LogP contribution is -2.37. The quantitative estimate of drug-likeness (QED) is 0.895. The monoisotopic (exact) mass is 300 g/mol. The Kier molecular flexibility index (Phi) is 3.71. The van der Waals surface area contributed by atoms with Crippen molar-refractivity contribution >= 4 is 27.7 Å². The molecule has 1 aromatic rings. The minimum absolute atomic E-state index is 0.00639. The summed E-state index contributed by atoms with van der Waals surface area (Å²) in [7, 11) is 0. The van der Waals surface area contributed by atoms with E-state index in [0.717, 1.165) is 17.3 Å². The Balaban J connectivity index is 1.98. The van der Waals surface area contributed by atoms with Crippen LogP contribution in [0.15, 0.2) is 10.7 Å². The van der Waals surface area contributed by atoms with Crippen molar-refractivity contribution in [2.45, 2.75) is 44.7 Å².